The van der Waals surface area contributed by atoms with Crippen LogP contribution in [0.2, 0.25) is 0 Å². The molecule has 1 fully saturated rings. The number of ether oxygens (including phenoxy) is 1. The number of aryl methyl sites for hydroxylation is 2. The van der Waals surface area contributed by atoms with Crippen LogP contribution < -0.4 is 5.32 Å². The van der Waals surface area contributed by atoms with E-state index in [1.165, 1.54) is 0 Å². The summed E-state index contributed by atoms with van der Waals surface area (Å²) in [5, 5.41) is 2.67. The fourth-order valence-corrected chi connectivity index (χ4v) is 3.03. The Labute approximate surface area is 129 Å². The second-order valence-corrected chi connectivity index (χ2v) is 6.44. The molecule has 2 rings (SSSR count). The van der Waals surface area contributed by atoms with Gasteiger partial charge in [0.1, 0.15) is 6.10 Å². The number of alkyl halides is 2. The van der Waals surface area contributed by atoms with Gasteiger partial charge in [-0.05, 0) is 37.8 Å². The van der Waals surface area contributed by atoms with Crippen molar-refractivity contribution in [3.63, 3.8) is 0 Å². The van der Waals surface area contributed by atoms with Crippen molar-refractivity contribution in [2.75, 3.05) is 5.32 Å². The normalized spacial score (nSPS) is 26.1. The first kappa shape index (κ1) is 15.5. The number of hydrogen-bond donors (Lipinski definition) is 1. The van der Waals surface area contributed by atoms with Gasteiger partial charge in [-0.1, -0.05) is 18.2 Å². The van der Waals surface area contributed by atoms with E-state index in [-0.39, 0.29) is 16.9 Å². The maximum Gasteiger partial charge on any atom is 0.411 e. The van der Waals surface area contributed by atoms with Crippen molar-refractivity contribution in [1.82, 2.24) is 0 Å². The third-order valence-corrected chi connectivity index (χ3v) is 4.51. The predicted octanol–water partition coefficient (Wildman–Crippen LogP) is 4.62. The number of benzene rings is 1. The number of halogens is 2. The summed E-state index contributed by atoms with van der Waals surface area (Å²) in [6.07, 6.45) is 1.46. The largest absolute Gasteiger partial charge is 0.444 e. The number of rotatable bonds is 2. The van der Waals surface area contributed by atoms with Crippen LogP contribution in [0.5, 0.6) is 0 Å². The van der Waals surface area contributed by atoms with Gasteiger partial charge in [-0.3, -0.25) is 5.32 Å². The highest BCUT2D eigenvalue weighted by Gasteiger charge is 2.31. The molecule has 20 heavy (non-hydrogen) atoms. The number of anilines is 1. The van der Waals surface area contributed by atoms with Gasteiger partial charge >= 0.3 is 6.09 Å². The van der Waals surface area contributed by atoms with E-state index < -0.39 is 6.09 Å². The highest BCUT2D eigenvalue weighted by atomic mass is 35.5. The van der Waals surface area contributed by atoms with E-state index in [2.05, 4.69) is 5.32 Å². The van der Waals surface area contributed by atoms with Crippen LogP contribution in [0.15, 0.2) is 18.2 Å². The molecule has 5 heteroatoms. The molecule has 0 aromatic heterocycles. The smallest absolute Gasteiger partial charge is 0.411 e. The Hall–Kier alpha value is -0.930. The zero-order valence-electron chi connectivity index (χ0n) is 11.7. The molecule has 1 aromatic carbocycles. The molecule has 0 unspecified atom stereocenters. The van der Waals surface area contributed by atoms with Gasteiger partial charge in [-0.15, -0.1) is 23.2 Å². The van der Waals surface area contributed by atoms with Crippen molar-refractivity contribution in [3.8, 4) is 0 Å². The molecule has 0 heterocycles. The molecule has 3 nitrogen and oxygen atoms in total. The second kappa shape index (κ2) is 6.68. The van der Waals surface area contributed by atoms with E-state index in [9.17, 15) is 4.79 Å². The van der Waals surface area contributed by atoms with Crippen molar-refractivity contribution in [2.24, 2.45) is 0 Å². The molecule has 1 saturated carbocycles. The maximum atomic E-state index is 12.0. The molecule has 1 aliphatic carbocycles. The minimum Gasteiger partial charge on any atom is -0.444 e. The van der Waals surface area contributed by atoms with E-state index >= 15 is 0 Å². The van der Waals surface area contributed by atoms with Gasteiger partial charge in [-0.25, -0.2) is 4.79 Å². The molecule has 0 bridgehead atoms. The molecule has 1 amide bonds. The van der Waals surface area contributed by atoms with Crippen LogP contribution in [0.4, 0.5) is 10.5 Å². The van der Waals surface area contributed by atoms with Gasteiger partial charge in [0.25, 0.3) is 0 Å². The summed E-state index contributed by atoms with van der Waals surface area (Å²) in [5.41, 5.74) is 2.80. The van der Waals surface area contributed by atoms with Crippen molar-refractivity contribution in [2.45, 2.75) is 50.0 Å². The molecule has 0 aliphatic heterocycles. The number of para-hydroxylation sites is 1. The zero-order valence-corrected chi connectivity index (χ0v) is 13.2. The van der Waals surface area contributed by atoms with E-state index in [0.717, 1.165) is 29.7 Å². The quantitative estimate of drug-likeness (QED) is 0.809. The van der Waals surface area contributed by atoms with Crippen LogP contribution in [-0.4, -0.2) is 23.0 Å². The van der Waals surface area contributed by atoms with E-state index in [4.69, 9.17) is 27.9 Å². The summed E-state index contributed by atoms with van der Waals surface area (Å²) >= 11 is 12.3. The summed E-state index contributed by atoms with van der Waals surface area (Å²) in [6.45, 7) is 3.89. The van der Waals surface area contributed by atoms with Crippen molar-refractivity contribution >= 4 is 35.0 Å². The fourth-order valence-electron chi connectivity index (χ4n) is 2.45. The highest BCUT2D eigenvalue weighted by Crippen LogP contribution is 2.29. The molecular formula is C15H19Cl2NO2. The molecule has 1 aromatic rings. The minimum atomic E-state index is -0.469. The summed E-state index contributed by atoms with van der Waals surface area (Å²) in [5.74, 6) is 0. The van der Waals surface area contributed by atoms with Gasteiger partial charge in [-0.2, -0.15) is 0 Å². The Morgan fingerprint density at radius 2 is 1.90 bits per heavy atom. The Balaban J connectivity index is 1.98. The first-order chi connectivity index (χ1) is 9.47. The van der Waals surface area contributed by atoms with Crippen LogP contribution in [0, 0.1) is 13.8 Å². The molecular weight excluding hydrogens is 297 g/mol. The van der Waals surface area contributed by atoms with Crippen LogP contribution in [0.25, 0.3) is 0 Å². The Bertz CT molecular complexity index is 473. The average molecular weight is 316 g/mol. The number of nitrogens with one attached hydrogen (secondary N) is 1. The Kier molecular flexibility index (Phi) is 5.17. The molecule has 0 spiro atoms. The molecule has 1 N–H and O–H groups in total. The topological polar surface area (TPSA) is 38.3 Å². The third kappa shape index (κ3) is 3.80. The van der Waals surface area contributed by atoms with E-state index in [1.54, 1.807) is 0 Å². The SMILES string of the molecule is Cc1cccc(C)c1NC(=O)O[C@@H]1C[C@@H](Cl)CC[C@@H]1Cl. The molecule has 1 aliphatic rings. The van der Waals surface area contributed by atoms with Crippen LogP contribution in [0.1, 0.15) is 30.4 Å². The standard InChI is InChI=1S/C15H19Cl2NO2/c1-9-4-3-5-10(2)14(9)18-15(19)20-13-8-11(16)6-7-12(13)17/h3-5,11-13H,6-8H2,1-2H3,(H,18,19)/t11-,12-,13+/m0/s1. The van der Waals surface area contributed by atoms with E-state index in [0.29, 0.717) is 6.42 Å². The molecule has 0 radical (unpaired) electrons. The maximum absolute atomic E-state index is 12.0. The first-order valence-electron chi connectivity index (χ1n) is 6.79. The lowest BCUT2D eigenvalue weighted by atomic mass is 9.97. The highest BCUT2D eigenvalue weighted by molar-refractivity contribution is 6.22. The summed E-state index contributed by atoms with van der Waals surface area (Å²) in [7, 11) is 0. The zero-order chi connectivity index (χ0) is 14.7. The number of amides is 1. The van der Waals surface area contributed by atoms with Gasteiger partial charge in [0.2, 0.25) is 0 Å². The van der Waals surface area contributed by atoms with Crippen LogP contribution >= 0.6 is 23.2 Å². The lowest BCUT2D eigenvalue weighted by Gasteiger charge is -2.29. The number of hydrogen-bond acceptors (Lipinski definition) is 2. The van der Waals surface area contributed by atoms with Crippen LogP contribution in [-0.2, 0) is 4.74 Å². The van der Waals surface area contributed by atoms with E-state index in [1.807, 2.05) is 32.0 Å². The number of carbonyl (C=O) groups is 1. The summed E-state index contributed by atoms with van der Waals surface area (Å²) < 4.78 is 5.42. The molecule has 3 atom stereocenters. The molecule has 110 valence electrons. The average Bonchev–Trinajstić information content (AvgIpc) is 2.38. The second-order valence-electron chi connectivity index (χ2n) is 5.26. The van der Waals surface area contributed by atoms with Gasteiger partial charge < -0.3 is 4.74 Å². The summed E-state index contributed by atoms with van der Waals surface area (Å²) in [6, 6.07) is 5.85. The van der Waals surface area contributed by atoms with Crippen molar-refractivity contribution in [3.05, 3.63) is 29.3 Å². The summed E-state index contributed by atoms with van der Waals surface area (Å²) in [4.78, 5) is 12.0. The Morgan fingerprint density at radius 1 is 1.25 bits per heavy atom. The van der Waals surface area contributed by atoms with Crippen LogP contribution in [0.3, 0.4) is 0 Å². The Morgan fingerprint density at radius 3 is 2.55 bits per heavy atom. The van der Waals surface area contributed by atoms with Gasteiger partial charge in [0.05, 0.1) is 5.38 Å². The fraction of sp³-hybridized carbons (Fsp3) is 0.533. The lowest BCUT2D eigenvalue weighted by Crippen LogP contribution is -2.36. The first-order valence-corrected chi connectivity index (χ1v) is 7.66. The van der Waals surface area contributed by atoms with Gasteiger partial charge in [0.15, 0.2) is 0 Å². The molecule has 0 saturated heterocycles. The number of carbonyl (C=O) groups excluding carboxylic acids is 1. The minimum absolute atomic E-state index is 0.0306. The lowest BCUT2D eigenvalue weighted by molar-refractivity contribution is 0.0902. The van der Waals surface area contributed by atoms with Crippen molar-refractivity contribution in [1.29, 1.82) is 0 Å². The predicted molar refractivity (Wildman–Crippen MR) is 82.9 cm³/mol. The van der Waals surface area contributed by atoms with Gasteiger partial charge in [0, 0.05) is 17.5 Å². The monoisotopic (exact) mass is 315 g/mol. The van der Waals surface area contributed by atoms with Crippen molar-refractivity contribution < 1.29 is 9.53 Å². The third-order valence-electron chi connectivity index (χ3n) is 3.61.